The van der Waals surface area contributed by atoms with Gasteiger partial charge in [0.15, 0.2) is 5.84 Å². The third-order valence-corrected chi connectivity index (χ3v) is 2.89. The minimum atomic E-state index is 0.0126. The summed E-state index contributed by atoms with van der Waals surface area (Å²) in [6.45, 7) is 3.88. The van der Waals surface area contributed by atoms with Crippen molar-refractivity contribution in [3.63, 3.8) is 0 Å². The highest BCUT2D eigenvalue weighted by Crippen LogP contribution is 2.04. The Morgan fingerprint density at radius 1 is 1.58 bits per heavy atom. The number of hydrogen-bond acceptors (Lipinski definition) is 5. The standard InChI is InChI=1S/C13H22N4O2/c1-10(9-18)3-2-5-15-8-11-4-6-16-12(7-11)13(14)17-19/h4,6-7,10,15,18-19H,2-3,5,8-9H2,1H3,(H2,14,17). The highest BCUT2D eigenvalue weighted by molar-refractivity contribution is 5.95. The van der Waals surface area contributed by atoms with Gasteiger partial charge < -0.3 is 21.4 Å². The molecule has 0 spiro atoms. The van der Waals surface area contributed by atoms with Gasteiger partial charge in [0.25, 0.3) is 0 Å². The Hall–Kier alpha value is -1.66. The van der Waals surface area contributed by atoms with Crippen LogP contribution in [0.15, 0.2) is 23.5 Å². The number of nitrogens with zero attached hydrogens (tertiary/aromatic N) is 2. The molecule has 1 heterocycles. The third-order valence-electron chi connectivity index (χ3n) is 2.89. The Kier molecular flexibility index (Phi) is 6.84. The van der Waals surface area contributed by atoms with Gasteiger partial charge in [-0.3, -0.25) is 4.98 Å². The molecule has 0 aliphatic heterocycles. The van der Waals surface area contributed by atoms with E-state index >= 15 is 0 Å². The number of nitrogens with one attached hydrogen (secondary N) is 1. The highest BCUT2D eigenvalue weighted by atomic mass is 16.4. The number of aliphatic hydroxyl groups excluding tert-OH is 1. The first-order valence-electron chi connectivity index (χ1n) is 6.41. The molecule has 1 aromatic rings. The van der Waals surface area contributed by atoms with Crippen molar-refractivity contribution in [2.24, 2.45) is 16.8 Å². The topological polar surface area (TPSA) is 104 Å². The monoisotopic (exact) mass is 266 g/mol. The second kappa shape index (κ2) is 8.44. The Labute approximate surface area is 113 Å². The molecule has 0 radical (unpaired) electrons. The van der Waals surface area contributed by atoms with E-state index in [9.17, 15) is 0 Å². The molecule has 5 N–H and O–H groups in total. The predicted octanol–water partition coefficient (Wildman–Crippen LogP) is 0.674. The summed E-state index contributed by atoms with van der Waals surface area (Å²) < 4.78 is 0. The second-order valence-electron chi connectivity index (χ2n) is 4.64. The molecular formula is C13H22N4O2. The fourth-order valence-corrected chi connectivity index (χ4v) is 1.68. The molecule has 0 amide bonds. The molecule has 0 bridgehead atoms. The van der Waals surface area contributed by atoms with E-state index in [0.717, 1.165) is 24.9 Å². The van der Waals surface area contributed by atoms with Crippen LogP contribution in [0.5, 0.6) is 0 Å². The summed E-state index contributed by atoms with van der Waals surface area (Å²) in [6.07, 6.45) is 3.67. The molecular weight excluding hydrogens is 244 g/mol. The quantitative estimate of drug-likeness (QED) is 0.182. The lowest BCUT2D eigenvalue weighted by Crippen LogP contribution is -2.18. The molecule has 0 aliphatic carbocycles. The van der Waals surface area contributed by atoms with Crippen molar-refractivity contribution in [2.45, 2.75) is 26.3 Å². The average molecular weight is 266 g/mol. The fraction of sp³-hybridized carbons (Fsp3) is 0.538. The number of nitrogens with two attached hydrogens (primary N) is 1. The van der Waals surface area contributed by atoms with E-state index in [1.54, 1.807) is 12.3 Å². The van der Waals surface area contributed by atoms with Crippen molar-refractivity contribution in [3.8, 4) is 0 Å². The number of aliphatic hydroxyl groups is 1. The maximum absolute atomic E-state index is 8.90. The van der Waals surface area contributed by atoms with Gasteiger partial charge in [-0.1, -0.05) is 12.1 Å². The normalized spacial score (nSPS) is 13.5. The molecule has 106 valence electrons. The zero-order valence-corrected chi connectivity index (χ0v) is 11.2. The van der Waals surface area contributed by atoms with Gasteiger partial charge in [0, 0.05) is 19.3 Å². The van der Waals surface area contributed by atoms with Crippen LogP contribution in [-0.4, -0.2) is 34.3 Å². The highest BCUT2D eigenvalue weighted by Gasteiger charge is 2.02. The van der Waals surface area contributed by atoms with E-state index in [0.29, 0.717) is 18.2 Å². The molecule has 1 aromatic heterocycles. The molecule has 6 nitrogen and oxygen atoms in total. The van der Waals surface area contributed by atoms with Crippen LogP contribution in [0, 0.1) is 5.92 Å². The van der Waals surface area contributed by atoms with Crippen molar-refractivity contribution in [3.05, 3.63) is 29.6 Å². The van der Waals surface area contributed by atoms with Crippen LogP contribution in [0.25, 0.3) is 0 Å². The molecule has 0 saturated heterocycles. The number of aromatic nitrogens is 1. The lowest BCUT2D eigenvalue weighted by atomic mass is 10.1. The van der Waals surface area contributed by atoms with Crippen LogP contribution in [0.2, 0.25) is 0 Å². The van der Waals surface area contributed by atoms with Crippen LogP contribution in [-0.2, 0) is 6.54 Å². The summed E-state index contributed by atoms with van der Waals surface area (Å²) in [5.41, 5.74) is 6.98. The number of pyridine rings is 1. The lowest BCUT2D eigenvalue weighted by molar-refractivity contribution is 0.228. The zero-order valence-electron chi connectivity index (χ0n) is 11.2. The van der Waals surface area contributed by atoms with E-state index in [1.807, 2.05) is 13.0 Å². The van der Waals surface area contributed by atoms with Gasteiger partial charge in [0.2, 0.25) is 0 Å². The number of hydrogen-bond donors (Lipinski definition) is 4. The first kappa shape index (κ1) is 15.4. The third kappa shape index (κ3) is 5.67. The number of amidine groups is 1. The molecule has 1 rings (SSSR count). The fourth-order valence-electron chi connectivity index (χ4n) is 1.68. The van der Waals surface area contributed by atoms with E-state index in [-0.39, 0.29) is 12.4 Å². The molecule has 1 unspecified atom stereocenters. The molecule has 0 aliphatic rings. The summed E-state index contributed by atoms with van der Waals surface area (Å²) in [4.78, 5) is 4.02. The van der Waals surface area contributed by atoms with Gasteiger partial charge in [-0.05, 0) is 43.0 Å². The Bertz CT molecular complexity index is 409. The van der Waals surface area contributed by atoms with Gasteiger partial charge >= 0.3 is 0 Å². The Balaban J connectivity index is 2.34. The van der Waals surface area contributed by atoms with Gasteiger partial charge in [-0.25, -0.2) is 0 Å². The number of rotatable bonds is 8. The summed E-state index contributed by atoms with van der Waals surface area (Å²) in [5.74, 6) is 0.369. The Morgan fingerprint density at radius 3 is 3.05 bits per heavy atom. The summed E-state index contributed by atoms with van der Waals surface area (Å²) in [6, 6.07) is 3.68. The van der Waals surface area contributed by atoms with Gasteiger partial charge in [-0.2, -0.15) is 0 Å². The predicted molar refractivity (Wildman–Crippen MR) is 73.9 cm³/mol. The van der Waals surface area contributed by atoms with Gasteiger partial charge in [0.1, 0.15) is 5.69 Å². The van der Waals surface area contributed by atoms with Gasteiger partial charge in [-0.15, -0.1) is 0 Å². The minimum Gasteiger partial charge on any atom is -0.409 e. The van der Waals surface area contributed by atoms with E-state index in [1.165, 1.54) is 0 Å². The Morgan fingerprint density at radius 2 is 2.37 bits per heavy atom. The molecule has 6 heteroatoms. The van der Waals surface area contributed by atoms with Crippen LogP contribution in [0.3, 0.4) is 0 Å². The molecule has 0 aromatic carbocycles. The first-order chi connectivity index (χ1) is 9.17. The zero-order chi connectivity index (χ0) is 14.1. The van der Waals surface area contributed by atoms with Crippen LogP contribution < -0.4 is 11.1 Å². The second-order valence-corrected chi connectivity index (χ2v) is 4.64. The summed E-state index contributed by atoms with van der Waals surface area (Å²) in [5, 5.41) is 23.7. The SMILES string of the molecule is CC(CO)CCCNCc1ccnc(/C(N)=N/O)c1. The first-order valence-corrected chi connectivity index (χ1v) is 6.41. The molecule has 0 fully saturated rings. The van der Waals surface area contributed by atoms with E-state index in [4.69, 9.17) is 16.0 Å². The molecule has 1 atom stereocenters. The van der Waals surface area contributed by atoms with Crippen LogP contribution >= 0.6 is 0 Å². The van der Waals surface area contributed by atoms with Crippen molar-refractivity contribution in [1.82, 2.24) is 10.3 Å². The van der Waals surface area contributed by atoms with Crippen LogP contribution in [0.4, 0.5) is 0 Å². The lowest BCUT2D eigenvalue weighted by Gasteiger charge is -2.08. The average Bonchev–Trinajstić information content (AvgIpc) is 2.46. The minimum absolute atomic E-state index is 0.0126. The summed E-state index contributed by atoms with van der Waals surface area (Å²) >= 11 is 0. The van der Waals surface area contributed by atoms with E-state index < -0.39 is 0 Å². The number of oxime groups is 1. The molecule has 19 heavy (non-hydrogen) atoms. The smallest absolute Gasteiger partial charge is 0.188 e. The molecule has 0 saturated carbocycles. The van der Waals surface area contributed by atoms with Gasteiger partial charge in [0.05, 0.1) is 0 Å². The summed E-state index contributed by atoms with van der Waals surface area (Å²) in [7, 11) is 0. The van der Waals surface area contributed by atoms with Crippen molar-refractivity contribution in [1.29, 1.82) is 0 Å². The van der Waals surface area contributed by atoms with Crippen molar-refractivity contribution >= 4 is 5.84 Å². The maximum Gasteiger partial charge on any atom is 0.188 e. The van der Waals surface area contributed by atoms with Crippen molar-refractivity contribution in [2.75, 3.05) is 13.2 Å². The van der Waals surface area contributed by atoms with E-state index in [2.05, 4.69) is 15.5 Å². The largest absolute Gasteiger partial charge is 0.409 e. The van der Waals surface area contributed by atoms with Crippen molar-refractivity contribution < 1.29 is 10.3 Å². The van der Waals surface area contributed by atoms with Crippen LogP contribution in [0.1, 0.15) is 31.0 Å². The maximum atomic E-state index is 8.90.